The zero-order valence-electron chi connectivity index (χ0n) is 16.8. The number of hydrogen-bond acceptors (Lipinski definition) is 5. The van der Waals surface area contributed by atoms with Gasteiger partial charge in [0.2, 0.25) is 5.76 Å². The predicted octanol–water partition coefficient (Wildman–Crippen LogP) is 4.20. The van der Waals surface area contributed by atoms with Crippen molar-refractivity contribution in [2.75, 3.05) is 26.2 Å². The molecule has 1 amide bonds. The molecule has 1 aliphatic heterocycles. The third-order valence-corrected chi connectivity index (χ3v) is 5.52. The number of carbonyl (C=O) groups excluding carboxylic acids is 1. The molecule has 0 unspecified atom stereocenters. The van der Waals surface area contributed by atoms with Gasteiger partial charge < -0.3 is 13.8 Å². The van der Waals surface area contributed by atoms with Crippen LogP contribution in [-0.4, -0.2) is 47.0 Å². The van der Waals surface area contributed by atoms with Gasteiger partial charge in [-0.05, 0) is 30.9 Å². The number of aryl methyl sites for hydroxylation is 1. The maximum atomic E-state index is 12.8. The van der Waals surface area contributed by atoms with Crippen molar-refractivity contribution in [1.82, 2.24) is 15.0 Å². The minimum absolute atomic E-state index is 0.0684. The third kappa shape index (κ3) is 3.69. The maximum Gasteiger partial charge on any atom is 0.292 e. The fourth-order valence-electron chi connectivity index (χ4n) is 3.73. The zero-order chi connectivity index (χ0) is 19.7. The Morgan fingerprint density at radius 2 is 2.00 bits per heavy atom. The first-order valence-electron chi connectivity index (χ1n) is 9.98. The molecule has 3 aromatic rings. The van der Waals surface area contributed by atoms with Crippen molar-refractivity contribution in [3.63, 3.8) is 0 Å². The van der Waals surface area contributed by atoms with E-state index in [1.165, 1.54) is 10.9 Å². The number of carbonyl (C=O) groups is 1. The van der Waals surface area contributed by atoms with E-state index in [0.29, 0.717) is 12.3 Å². The van der Waals surface area contributed by atoms with Crippen molar-refractivity contribution in [3.05, 3.63) is 53.1 Å². The zero-order valence-corrected chi connectivity index (χ0v) is 16.8. The molecule has 1 aliphatic rings. The summed E-state index contributed by atoms with van der Waals surface area (Å²) in [6.07, 6.45) is 0.927. The van der Waals surface area contributed by atoms with E-state index >= 15 is 0 Å². The number of para-hydroxylation sites is 1. The largest absolute Gasteiger partial charge is 0.459 e. The monoisotopic (exact) mass is 381 g/mol. The fraction of sp³-hybridized carbons (Fsp3) is 0.455. The number of aromatic nitrogens is 1. The van der Waals surface area contributed by atoms with Gasteiger partial charge in [-0.3, -0.25) is 9.69 Å². The van der Waals surface area contributed by atoms with Crippen LogP contribution >= 0.6 is 0 Å². The van der Waals surface area contributed by atoms with E-state index in [1.54, 1.807) is 6.07 Å². The Morgan fingerprint density at radius 1 is 1.18 bits per heavy atom. The summed E-state index contributed by atoms with van der Waals surface area (Å²) in [6.45, 7) is 10.1. The molecule has 0 bridgehead atoms. The second-order valence-electron chi connectivity index (χ2n) is 7.84. The number of rotatable bonds is 4. The van der Waals surface area contributed by atoms with Crippen LogP contribution in [0.2, 0.25) is 0 Å². The van der Waals surface area contributed by atoms with Gasteiger partial charge in [0.05, 0.1) is 12.2 Å². The normalized spacial score (nSPS) is 16.1. The lowest BCUT2D eigenvalue weighted by Gasteiger charge is -2.20. The standard InChI is InChI=1S/C22H27N3O3/c1-15(2)18-13-20(28-23-18)22(26)25-10-6-9-24(11-12-25)14-21-16(3)17-7-4-5-8-19(17)27-21/h4-5,7-8,13,15H,6,9-12,14H2,1-3H3. The van der Waals surface area contributed by atoms with Crippen LogP contribution in [0.1, 0.15) is 53.8 Å². The van der Waals surface area contributed by atoms with Crippen molar-refractivity contribution in [2.24, 2.45) is 0 Å². The van der Waals surface area contributed by atoms with Gasteiger partial charge in [0, 0.05) is 37.6 Å². The number of furan rings is 1. The first kappa shape index (κ1) is 18.7. The molecule has 148 valence electrons. The van der Waals surface area contributed by atoms with Gasteiger partial charge in [0.25, 0.3) is 5.91 Å². The molecule has 0 radical (unpaired) electrons. The van der Waals surface area contributed by atoms with E-state index < -0.39 is 0 Å². The van der Waals surface area contributed by atoms with Gasteiger partial charge >= 0.3 is 0 Å². The first-order valence-corrected chi connectivity index (χ1v) is 9.98. The van der Waals surface area contributed by atoms with Crippen LogP contribution in [0.15, 0.2) is 39.3 Å². The van der Waals surface area contributed by atoms with Crippen LogP contribution in [0.4, 0.5) is 0 Å². The third-order valence-electron chi connectivity index (χ3n) is 5.52. The summed E-state index contributed by atoms with van der Waals surface area (Å²) in [5.74, 6) is 1.53. The molecule has 2 aromatic heterocycles. The highest BCUT2D eigenvalue weighted by Gasteiger charge is 2.24. The summed E-state index contributed by atoms with van der Waals surface area (Å²) in [5.41, 5.74) is 2.96. The number of nitrogens with zero attached hydrogens (tertiary/aromatic N) is 3. The van der Waals surface area contributed by atoms with Crippen LogP contribution in [0, 0.1) is 6.92 Å². The molecule has 0 N–H and O–H groups in total. The highest BCUT2D eigenvalue weighted by molar-refractivity contribution is 5.91. The van der Waals surface area contributed by atoms with Gasteiger partial charge in [-0.15, -0.1) is 0 Å². The minimum Gasteiger partial charge on any atom is -0.459 e. The maximum absolute atomic E-state index is 12.8. The average Bonchev–Trinajstić information content (AvgIpc) is 3.22. The summed E-state index contributed by atoms with van der Waals surface area (Å²) in [7, 11) is 0. The molecule has 6 nitrogen and oxygen atoms in total. The molecule has 0 atom stereocenters. The lowest BCUT2D eigenvalue weighted by atomic mass is 10.1. The van der Waals surface area contributed by atoms with E-state index in [9.17, 15) is 4.79 Å². The molecule has 0 spiro atoms. The highest BCUT2D eigenvalue weighted by Crippen LogP contribution is 2.26. The fourth-order valence-corrected chi connectivity index (χ4v) is 3.73. The van der Waals surface area contributed by atoms with E-state index in [4.69, 9.17) is 8.94 Å². The van der Waals surface area contributed by atoms with E-state index in [2.05, 4.69) is 23.0 Å². The smallest absolute Gasteiger partial charge is 0.292 e. The molecule has 4 rings (SSSR count). The number of benzene rings is 1. The molecule has 28 heavy (non-hydrogen) atoms. The Bertz CT molecular complexity index is 972. The quantitative estimate of drug-likeness (QED) is 0.678. The van der Waals surface area contributed by atoms with E-state index in [0.717, 1.165) is 49.6 Å². The summed E-state index contributed by atoms with van der Waals surface area (Å²) in [4.78, 5) is 17.0. The summed E-state index contributed by atoms with van der Waals surface area (Å²) in [6, 6.07) is 9.92. The lowest BCUT2D eigenvalue weighted by molar-refractivity contribution is 0.0719. The molecule has 3 heterocycles. The Kier molecular flexibility index (Phi) is 5.22. The molecular weight excluding hydrogens is 354 g/mol. The van der Waals surface area contributed by atoms with Crippen molar-refractivity contribution >= 4 is 16.9 Å². The van der Waals surface area contributed by atoms with Gasteiger partial charge in [0.15, 0.2) is 0 Å². The van der Waals surface area contributed by atoms with Gasteiger partial charge in [0.1, 0.15) is 11.3 Å². The lowest BCUT2D eigenvalue weighted by Crippen LogP contribution is -2.35. The number of fused-ring (bicyclic) bond motifs is 1. The van der Waals surface area contributed by atoms with Crippen molar-refractivity contribution < 1.29 is 13.7 Å². The molecule has 1 aromatic carbocycles. The summed E-state index contributed by atoms with van der Waals surface area (Å²) >= 11 is 0. The van der Waals surface area contributed by atoms with Crippen molar-refractivity contribution in [1.29, 1.82) is 0 Å². The first-order chi connectivity index (χ1) is 13.5. The molecule has 0 saturated carbocycles. The van der Waals surface area contributed by atoms with Gasteiger partial charge in [-0.2, -0.15) is 0 Å². The van der Waals surface area contributed by atoms with Gasteiger partial charge in [-0.25, -0.2) is 0 Å². The highest BCUT2D eigenvalue weighted by atomic mass is 16.5. The Labute approximate surface area is 165 Å². The summed E-state index contributed by atoms with van der Waals surface area (Å²) < 4.78 is 11.3. The minimum atomic E-state index is -0.0684. The molecule has 6 heteroatoms. The SMILES string of the molecule is Cc1c(CN2CCCN(C(=O)c3cc(C(C)C)no3)CC2)oc2ccccc12. The van der Waals surface area contributed by atoms with E-state index in [-0.39, 0.29) is 11.8 Å². The van der Waals surface area contributed by atoms with Gasteiger partial charge in [-0.1, -0.05) is 37.2 Å². The van der Waals surface area contributed by atoms with Crippen molar-refractivity contribution in [3.8, 4) is 0 Å². The molecule has 1 saturated heterocycles. The van der Waals surface area contributed by atoms with Crippen molar-refractivity contribution in [2.45, 2.75) is 39.7 Å². The molecule has 1 fully saturated rings. The topological polar surface area (TPSA) is 62.7 Å². The van der Waals surface area contributed by atoms with Crippen LogP contribution in [0.5, 0.6) is 0 Å². The Hall–Kier alpha value is -2.60. The summed E-state index contributed by atoms with van der Waals surface area (Å²) in [5, 5.41) is 5.19. The Balaban J connectivity index is 1.41. The van der Waals surface area contributed by atoms with Crippen LogP contribution in [0.3, 0.4) is 0 Å². The van der Waals surface area contributed by atoms with Crippen LogP contribution in [0.25, 0.3) is 11.0 Å². The second-order valence-corrected chi connectivity index (χ2v) is 7.84. The molecular formula is C22H27N3O3. The average molecular weight is 381 g/mol. The Morgan fingerprint density at radius 3 is 2.75 bits per heavy atom. The van der Waals surface area contributed by atoms with Crippen LogP contribution in [-0.2, 0) is 6.54 Å². The number of hydrogen-bond donors (Lipinski definition) is 0. The predicted molar refractivity (Wildman–Crippen MR) is 107 cm³/mol. The van der Waals surface area contributed by atoms with E-state index in [1.807, 2.05) is 36.9 Å². The molecule has 0 aliphatic carbocycles. The second kappa shape index (κ2) is 7.80. The number of amides is 1. The van der Waals surface area contributed by atoms with Crippen LogP contribution < -0.4 is 0 Å².